The lowest BCUT2D eigenvalue weighted by atomic mass is 9.88. The summed E-state index contributed by atoms with van der Waals surface area (Å²) < 4.78 is 6.33. The van der Waals surface area contributed by atoms with Crippen LogP contribution in [0.4, 0.5) is 5.00 Å². The zero-order valence-electron chi connectivity index (χ0n) is 15.8. The summed E-state index contributed by atoms with van der Waals surface area (Å²) in [5.74, 6) is 0. The zero-order chi connectivity index (χ0) is 17.7. The van der Waals surface area contributed by atoms with Gasteiger partial charge in [-0.15, -0.1) is 11.3 Å². The van der Waals surface area contributed by atoms with E-state index in [1.807, 2.05) is 5.51 Å². The van der Waals surface area contributed by atoms with Gasteiger partial charge in [0.05, 0.1) is 17.7 Å². The number of benzene rings is 1. The first-order valence-corrected chi connectivity index (χ1v) is 10.2. The molecule has 1 aromatic carbocycles. The number of morpholine rings is 1. The molecule has 0 radical (unpaired) electrons. The number of anilines is 1. The maximum Gasteiger partial charge on any atom is 0.119 e. The highest BCUT2D eigenvalue weighted by molar-refractivity contribution is 7.14. The molecule has 25 heavy (non-hydrogen) atoms. The number of hydrogen-bond donors (Lipinski definition) is 0. The third kappa shape index (κ3) is 3.11. The van der Waals surface area contributed by atoms with Crippen molar-refractivity contribution < 1.29 is 4.74 Å². The van der Waals surface area contributed by atoms with E-state index in [0.29, 0.717) is 5.41 Å². The molecule has 1 aliphatic carbocycles. The van der Waals surface area contributed by atoms with E-state index in [9.17, 15) is 0 Å². The molecule has 1 saturated heterocycles. The van der Waals surface area contributed by atoms with Gasteiger partial charge in [-0.05, 0) is 49.7 Å². The Morgan fingerprint density at radius 1 is 1.16 bits per heavy atom. The Morgan fingerprint density at radius 2 is 1.92 bits per heavy atom. The van der Waals surface area contributed by atoms with Crippen molar-refractivity contribution >= 4 is 16.3 Å². The number of thiazole rings is 1. The molecule has 1 aliphatic heterocycles. The molecular formula is C21H28N2OS. The Kier molecular flexibility index (Phi) is 4.16. The van der Waals surface area contributed by atoms with Crippen LogP contribution in [0, 0.1) is 19.3 Å². The van der Waals surface area contributed by atoms with Crippen LogP contribution in [-0.4, -0.2) is 30.3 Å². The average Bonchev–Trinajstić information content (AvgIpc) is 3.12. The van der Waals surface area contributed by atoms with Gasteiger partial charge in [0.25, 0.3) is 0 Å². The van der Waals surface area contributed by atoms with Gasteiger partial charge in [-0.3, -0.25) is 0 Å². The summed E-state index contributed by atoms with van der Waals surface area (Å²) in [6, 6.07) is 6.50. The van der Waals surface area contributed by atoms with Gasteiger partial charge < -0.3 is 9.64 Å². The summed E-state index contributed by atoms with van der Waals surface area (Å²) in [6.07, 6.45) is 3.59. The topological polar surface area (TPSA) is 25.4 Å². The SMILES string of the molecule is Cc1cccc(C)c1-c1ncsc1N1CCOC2(CCC(C)(C)C2)C1. The molecule has 1 unspecified atom stereocenters. The second kappa shape index (κ2) is 6.10. The summed E-state index contributed by atoms with van der Waals surface area (Å²) in [6.45, 7) is 11.9. The van der Waals surface area contributed by atoms with Crippen molar-refractivity contribution in [2.24, 2.45) is 5.41 Å². The van der Waals surface area contributed by atoms with E-state index < -0.39 is 0 Å². The summed E-state index contributed by atoms with van der Waals surface area (Å²) in [5, 5.41) is 1.31. The van der Waals surface area contributed by atoms with Gasteiger partial charge in [0, 0.05) is 18.7 Å². The van der Waals surface area contributed by atoms with Crippen molar-refractivity contribution in [1.82, 2.24) is 4.98 Å². The number of hydrogen-bond acceptors (Lipinski definition) is 4. The van der Waals surface area contributed by atoms with Gasteiger partial charge in [0.1, 0.15) is 10.7 Å². The van der Waals surface area contributed by atoms with Gasteiger partial charge in [0.2, 0.25) is 0 Å². The molecule has 0 amide bonds. The fourth-order valence-corrected chi connectivity index (χ4v) is 5.54. The number of rotatable bonds is 2. The average molecular weight is 357 g/mol. The molecule has 0 bridgehead atoms. The second-order valence-electron chi connectivity index (χ2n) is 8.57. The Bertz CT molecular complexity index is 762. The summed E-state index contributed by atoms with van der Waals surface area (Å²) in [4.78, 5) is 7.29. The molecule has 2 aromatic rings. The molecule has 3 nitrogen and oxygen atoms in total. The lowest BCUT2D eigenvalue weighted by Crippen LogP contribution is -2.51. The zero-order valence-corrected chi connectivity index (χ0v) is 16.6. The minimum atomic E-state index is 0.0315. The normalized spacial score (nSPS) is 25.7. The van der Waals surface area contributed by atoms with E-state index in [1.165, 1.54) is 34.5 Å². The van der Waals surface area contributed by atoms with Crippen LogP contribution in [0.15, 0.2) is 23.7 Å². The van der Waals surface area contributed by atoms with Gasteiger partial charge in [-0.2, -0.15) is 0 Å². The van der Waals surface area contributed by atoms with Crippen LogP contribution in [0.25, 0.3) is 11.3 Å². The molecule has 2 heterocycles. The molecule has 134 valence electrons. The fourth-order valence-electron chi connectivity index (χ4n) is 4.72. The van der Waals surface area contributed by atoms with Crippen molar-refractivity contribution in [3.63, 3.8) is 0 Å². The lowest BCUT2D eigenvalue weighted by Gasteiger charge is -2.42. The smallest absolute Gasteiger partial charge is 0.119 e. The molecule has 4 heteroatoms. The van der Waals surface area contributed by atoms with Crippen LogP contribution in [0.1, 0.15) is 44.2 Å². The minimum Gasteiger partial charge on any atom is -0.371 e. The van der Waals surface area contributed by atoms with E-state index >= 15 is 0 Å². The first-order chi connectivity index (χ1) is 11.9. The van der Waals surface area contributed by atoms with E-state index in [2.05, 4.69) is 50.8 Å². The summed E-state index contributed by atoms with van der Waals surface area (Å²) >= 11 is 1.77. The summed E-state index contributed by atoms with van der Waals surface area (Å²) in [5.41, 5.74) is 7.47. The number of nitrogens with zero attached hydrogens (tertiary/aromatic N) is 2. The fraction of sp³-hybridized carbons (Fsp3) is 0.571. The van der Waals surface area contributed by atoms with Crippen LogP contribution in [0.5, 0.6) is 0 Å². The van der Waals surface area contributed by atoms with Crippen LogP contribution in [0.3, 0.4) is 0 Å². The Labute approximate surface area is 155 Å². The third-order valence-corrected chi connectivity index (χ3v) is 6.75. The van der Waals surface area contributed by atoms with E-state index in [0.717, 1.165) is 31.8 Å². The highest BCUT2D eigenvalue weighted by Crippen LogP contribution is 2.48. The maximum absolute atomic E-state index is 6.33. The van der Waals surface area contributed by atoms with E-state index in [4.69, 9.17) is 9.72 Å². The number of ether oxygens (including phenoxy) is 1. The van der Waals surface area contributed by atoms with Crippen LogP contribution in [0.2, 0.25) is 0 Å². The molecule has 0 N–H and O–H groups in total. The van der Waals surface area contributed by atoms with E-state index in [1.54, 1.807) is 11.3 Å². The molecule has 1 atom stereocenters. The standard InChI is InChI=1S/C21H28N2OS/c1-15-6-5-7-16(2)17(15)18-19(25-14-22-18)23-10-11-24-21(13-23)9-8-20(3,4)12-21/h5-7,14H,8-13H2,1-4H3. The van der Waals surface area contributed by atoms with Crippen molar-refractivity contribution in [2.45, 2.75) is 52.6 Å². The van der Waals surface area contributed by atoms with Crippen LogP contribution < -0.4 is 4.90 Å². The van der Waals surface area contributed by atoms with Crippen molar-refractivity contribution in [3.05, 3.63) is 34.8 Å². The lowest BCUT2D eigenvalue weighted by molar-refractivity contribution is -0.0558. The predicted octanol–water partition coefficient (Wildman–Crippen LogP) is 5.21. The highest BCUT2D eigenvalue weighted by Gasteiger charge is 2.47. The van der Waals surface area contributed by atoms with Gasteiger partial charge in [-0.25, -0.2) is 4.98 Å². The first-order valence-electron chi connectivity index (χ1n) is 9.28. The van der Waals surface area contributed by atoms with Crippen molar-refractivity contribution in [2.75, 3.05) is 24.6 Å². The highest BCUT2D eigenvalue weighted by atomic mass is 32.1. The Morgan fingerprint density at radius 3 is 2.60 bits per heavy atom. The van der Waals surface area contributed by atoms with Gasteiger partial charge >= 0.3 is 0 Å². The molecule has 1 aromatic heterocycles. The summed E-state index contributed by atoms with van der Waals surface area (Å²) in [7, 11) is 0. The van der Waals surface area contributed by atoms with Crippen molar-refractivity contribution in [1.29, 1.82) is 0 Å². The largest absolute Gasteiger partial charge is 0.371 e. The second-order valence-corrected chi connectivity index (χ2v) is 9.40. The number of aryl methyl sites for hydroxylation is 2. The molecule has 2 fully saturated rings. The molecule has 4 rings (SSSR count). The quantitative estimate of drug-likeness (QED) is 0.738. The minimum absolute atomic E-state index is 0.0315. The van der Waals surface area contributed by atoms with Crippen LogP contribution in [-0.2, 0) is 4.74 Å². The van der Waals surface area contributed by atoms with E-state index in [-0.39, 0.29) is 5.60 Å². The van der Waals surface area contributed by atoms with Gasteiger partial charge in [0.15, 0.2) is 0 Å². The maximum atomic E-state index is 6.33. The number of aromatic nitrogens is 1. The third-order valence-electron chi connectivity index (χ3n) is 5.86. The predicted molar refractivity (Wildman–Crippen MR) is 106 cm³/mol. The van der Waals surface area contributed by atoms with Crippen molar-refractivity contribution in [3.8, 4) is 11.3 Å². The molecule has 2 aliphatic rings. The Hall–Kier alpha value is -1.39. The molecular weight excluding hydrogens is 328 g/mol. The first kappa shape index (κ1) is 17.0. The Balaban J connectivity index is 1.67. The van der Waals surface area contributed by atoms with Crippen LogP contribution >= 0.6 is 11.3 Å². The monoisotopic (exact) mass is 356 g/mol. The molecule has 1 spiro atoms. The van der Waals surface area contributed by atoms with Gasteiger partial charge in [-0.1, -0.05) is 32.0 Å². The molecule has 1 saturated carbocycles.